The average Bonchev–Trinajstić information content (AvgIpc) is 2.22. The van der Waals surface area contributed by atoms with Crippen molar-refractivity contribution in [3.8, 4) is 0 Å². The molecule has 0 aliphatic heterocycles. The highest BCUT2D eigenvalue weighted by molar-refractivity contribution is 4.72. The highest BCUT2D eigenvalue weighted by Crippen LogP contribution is 2.26. The number of ether oxygens (including phenoxy) is 1. The molecule has 3 nitrogen and oxygen atoms in total. The van der Waals surface area contributed by atoms with Crippen LogP contribution in [0, 0.1) is 5.92 Å². The normalized spacial score (nSPS) is 16.7. The largest absolute Gasteiger partial charge is 0.383 e. The van der Waals surface area contributed by atoms with Crippen molar-refractivity contribution < 1.29 is 4.74 Å². The Morgan fingerprint density at radius 3 is 2.69 bits per heavy atom. The molecule has 1 N–H and O–H groups in total. The minimum Gasteiger partial charge on any atom is -0.383 e. The Morgan fingerprint density at radius 1 is 1.25 bits per heavy atom. The van der Waals surface area contributed by atoms with E-state index in [4.69, 9.17) is 4.74 Å². The molecule has 0 aromatic heterocycles. The second-order valence-corrected chi connectivity index (χ2v) is 5.01. The monoisotopic (exact) mass is 228 g/mol. The Kier molecular flexibility index (Phi) is 7.81. The van der Waals surface area contributed by atoms with Crippen LogP contribution >= 0.6 is 0 Å². The van der Waals surface area contributed by atoms with Crippen molar-refractivity contribution in [2.24, 2.45) is 5.92 Å². The fraction of sp³-hybridized carbons (Fsp3) is 1.00. The lowest BCUT2D eigenvalue weighted by Gasteiger charge is -2.30. The van der Waals surface area contributed by atoms with Crippen molar-refractivity contribution in [1.29, 1.82) is 0 Å². The Labute approximate surface area is 101 Å². The molecule has 1 rings (SSSR count). The molecule has 1 saturated carbocycles. The maximum Gasteiger partial charge on any atom is 0.0587 e. The number of nitrogens with one attached hydrogen (secondary N) is 1. The van der Waals surface area contributed by atoms with Crippen LogP contribution in [0.2, 0.25) is 0 Å². The van der Waals surface area contributed by atoms with Crippen molar-refractivity contribution in [3.05, 3.63) is 0 Å². The molecule has 0 saturated heterocycles. The molecule has 0 spiro atoms. The molecule has 1 aliphatic carbocycles. The van der Waals surface area contributed by atoms with E-state index in [0.29, 0.717) is 0 Å². The summed E-state index contributed by atoms with van der Waals surface area (Å²) in [5, 5.41) is 3.38. The van der Waals surface area contributed by atoms with Gasteiger partial charge in [-0.2, -0.15) is 0 Å². The molecular weight excluding hydrogens is 200 g/mol. The van der Waals surface area contributed by atoms with Gasteiger partial charge in [0, 0.05) is 20.2 Å². The fourth-order valence-corrected chi connectivity index (χ4v) is 2.14. The third-order valence-corrected chi connectivity index (χ3v) is 3.42. The molecule has 0 amide bonds. The van der Waals surface area contributed by atoms with Crippen LogP contribution in [0.4, 0.5) is 0 Å². The van der Waals surface area contributed by atoms with Crippen molar-refractivity contribution >= 4 is 0 Å². The molecule has 0 aromatic carbocycles. The third kappa shape index (κ3) is 6.46. The standard InChI is InChI=1S/C13H28N2O/c1-15(12-13-6-5-7-13)10-4-3-8-14-9-11-16-2/h13-14H,3-12H2,1-2H3. The van der Waals surface area contributed by atoms with Gasteiger partial charge in [-0.05, 0) is 51.7 Å². The summed E-state index contributed by atoms with van der Waals surface area (Å²) in [7, 11) is 4.01. The van der Waals surface area contributed by atoms with Crippen LogP contribution in [0.1, 0.15) is 32.1 Å². The predicted molar refractivity (Wildman–Crippen MR) is 68.8 cm³/mol. The van der Waals surface area contributed by atoms with Crippen LogP contribution in [0.15, 0.2) is 0 Å². The van der Waals surface area contributed by atoms with Gasteiger partial charge in [-0.15, -0.1) is 0 Å². The maximum absolute atomic E-state index is 4.98. The first kappa shape index (κ1) is 13.9. The lowest BCUT2D eigenvalue weighted by Crippen LogP contribution is -2.30. The van der Waals surface area contributed by atoms with Gasteiger partial charge < -0.3 is 15.0 Å². The van der Waals surface area contributed by atoms with E-state index in [9.17, 15) is 0 Å². The van der Waals surface area contributed by atoms with Gasteiger partial charge in [0.05, 0.1) is 6.61 Å². The van der Waals surface area contributed by atoms with Gasteiger partial charge >= 0.3 is 0 Å². The smallest absolute Gasteiger partial charge is 0.0587 e. The van der Waals surface area contributed by atoms with E-state index in [1.165, 1.54) is 45.2 Å². The Morgan fingerprint density at radius 2 is 2.06 bits per heavy atom. The molecule has 3 heteroatoms. The van der Waals surface area contributed by atoms with E-state index in [1.54, 1.807) is 7.11 Å². The average molecular weight is 228 g/mol. The molecule has 1 fully saturated rings. The molecule has 0 atom stereocenters. The van der Waals surface area contributed by atoms with E-state index in [0.717, 1.165) is 25.6 Å². The zero-order valence-corrected chi connectivity index (χ0v) is 11.0. The molecule has 96 valence electrons. The molecule has 0 unspecified atom stereocenters. The highest BCUT2D eigenvalue weighted by Gasteiger charge is 2.18. The first-order valence-corrected chi connectivity index (χ1v) is 6.71. The van der Waals surface area contributed by atoms with Gasteiger partial charge in [-0.1, -0.05) is 6.42 Å². The quantitative estimate of drug-likeness (QED) is 0.576. The highest BCUT2D eigenvalue weighted by atomic mass is 16.5. The summed E-state index contributed by atoms with van der Waals surface area (Å²) in [4.78, 5) is 2.50. The first-order chi connectivity index (χ1) is 7.83. The number of hydrogen-bond donors (Lipinski definition) is 1. The predicted octanol–water partition coefficient (Wildman–Crippen LogP) is 1.73. The van der Waals surface area contributed by atoms with E-state index in [-0.39, 0.29) is 0 Å². The van der Waals surface area contributed by atoms with Gasteiger partial charge in [0.2, 0.25) is 0 Å². The van der Waals surface area contributed by atoms with Crippen molar-refractivity contribution in [2.75, 3.05) is 46.9 Å². The van der Waals surface area contributed by atoms with Gasteiger partial charge in [0.25, 0.3) is 0 Å². The molecule has 0 aromatic rings. The van der Waals surface area contributed by atoms with Crippen molar-refractivity contribution in [2.45, 2.75) is 32.1 Å². The molecule has 1 aliphatic rings. The summed E-state index contributed by atoms with van der Waals surface area (Å²) in [5.41, 5.74) is 0. The second-order valence-electron chi connectivity index (χ2n) is 5.01. The molecule has 0 bridgehead atoms. The van der Waals surface area contributed by atoms with Crippen LogP contribution in [-0.2, 0) is 4.74 Å². The summed E-state index contributed by atoms with van der Waals surface area (Å²) < 4.78 is 4.98. The van der Waals surface area contributed by atoms with Crippen LogP contribution in [-0.4, -0.2) is 51.8 Å². The summed E-state index contributed by atoms with van der Waals surface area (Å²) in [6, 6.07) is 0. The Hall–Kier alpha value is -0.120. The third-order valence-electron chi connectivity index (χ3n) is 3.42. The van der Waals surface area contributed by atoms with Crippen LogP contribution in [0.3, 0.4) is 0 Å². The van der Waals surface area contributed by atoms with E-state index in [1.807, 2.05) is 0 Å². The number of methoxy groups -OCH3 is 1. The van der Waals surface area contributed by atoms with Crippen molar-refractivity contribution in [1.82, 2.24) is 10.2 Å². The lowest BCUT2D eigenvalue weighted by molar-refractivity contribution is 0.196. The van der Waals surface area contributed by atoms with E-state index in [2.05, 4.69) is 17.3 Å². The molecule has 16 heavy (non-hydrogen) atoms. The molecule has 0 heterocycles. The summed E-state index contributed by atoms with van der Waals surface area (Å²) in [6.45, 7) is 5.50. The first-order valence-electron chi connectivity index (χ1n) is 6.71. The number of unbranched alkanes of at least 4 members (excludes halogenated alkanes) is 1. The van der Waals surface area contributed by atoms with Gasteiger partial charge in [0.1, 0.15) is 0 Å². The number of nitrogens with zero attached hydrogens (tertiary/aromatic N) is 1. The summed E-state index contributed by atoms with van der Waals surface area (Å²) >= 11 is 0. The minimum atomic E-state index is 0.821. The van der Waals surface area contributed by atoms with Crippen molar-refractivity contribution in [3.63, 3.8) is 0 Å². The Balaban J connectivity index is 1.78. The number of rotatable bonds is 10. The van der Waals surface area contributed by atoms with Gasteiger partial charge in [-0.3, -0.25) is 0 Å². The van der Waals surface area contributed by atoms with E-state index < -0.39 is 0 Å². The van der Waals surface area contributed by atoms with Gasteiger partial charge in [-0.25, -0.2) is 0 Å². The van der Waals surface area contributed by atoms with Crippen LogP contribution < -0.4 is 5.32 Å². The van der Waals surface area contributed by atoms with E-state index >= 15 is 0 Å². The Bertz CT molecular complexity index is 160. The SMILES string of the molecule is COCCNCCCCN(C)CC1CCC1. The number of hydrogen-bond acceptors (Lipinski definition) is 3. The fourth-order valence-electron chi connectivity index (χ4n) is 2.14. The maximum atomic E-state index is 4.98. The zero-order chi connectivity index (χ0) is 11.6. The minimum absolute atomic E-state index is 0.821. The lowest BCUT2D eigenvalue weighted by atomic mass is 9.85. The van der Waals surface area contributed by atoms with Crippen LogP contribution in [0.25, 0.3) is 0 Å². The second kappa shape index (κ2) is 8.97. The van der Waals surface area contributed by atoms with Crippen LogP contribution in [0.5, 0.6) is 0 Å². The topological polar surface area (TPSA) is 24.5 Å². The summed E-state index contributed by atoms with van der Waals surface area (Å²) in [5.74, 6) is 1.00. The van der Waals surface area contributed by atoms with Gasteiger partial charge in [0.15, 0.2) is 0 Å². The zero-order valence-electron chi connectivity index (χ0n) is 11.0. The molecule has 0 radical (unpaired) electrons. The molecular formula is C13H28N2O. The summed E-state index contributed by atoms with van der Waals surface area (Å²) in [6.07, 6.45) is 6.97.